The lowest BCUT2D eigenvalue weighted by atomic mass is 9.84. The van der Waals surface area contributed by atoms with Gasteiger partial charge in [-0.05, 0) is 73.8 Å². The van der Waals surface area contributed by atoms with Crippen LogP contribution in [0.2, 0.25) is 0 Å². The summed E-state index contributed by atoms with van der Waals surface area (Å²) >= 11 is 1.82. The first-order valence-corrected chi connectivity index (χ1v) is 18.2. The van der Waals surface area contributed by atoms with Gasteiger partial charge >= 0.3 is 0 Å². The highest BCUT2D eigenvalue weighted by Gasteiger charge is 2.27. The standard InChI is InChI=1S/C48H32N2S/c1-3-15-31(16-4-1)33-19-7-8-20-35(33)36-21-9-10-22-37(36)38-23-11-12-24-39(38)45-34(32-17-5-2-6-18-32)27-29-43-47(45)50-48-44(51-43)30-28-42-46(48)40-25-13-14-26-41(40)49-42/h1-30,41,49H. The highest BCUT2D eigenvalue weighted by molar-refractivity contribution is 7.99. The fourth-order valence-electron chi connectivity index (χ4n) is 7.85. The van der Waals surface area contributed by atoms with Crippen LogP contribution in [0, 0.1) is 0 Å². The molecule has 7 aromatic carbocycles. The minimum Gasteiger partial charge on any atom is -0.374 e. The van der Waals surface area contributed by atoms with Gasteiger partial charge in [-0.15, -0.1) is 0 Å². The summed E-state index contributed by atoms with van der Waals surface area (Å²) < 4.78 is 0. The lowest BCUT2D eigenvalue weighted by Gasteiger charge is -2.23. The summed E-state index contributed by atoms with van der Waals surface area (Å²) in [5.74, 6) is 0. The molecule has 3 aliphatic rings. The van der Waals surface area contributed by atoms with Gasteiger partial charge in [0.2, 0.25) is 0 Å². The molecule has 0 saturated carbocycles. The number of fused-ring (bicyclic) bond motifs is 5. The predicted octanol–water partition coefficient (Wildman–Crippen LogP) is 11.5. The van der Waals surface area contributed by atoms with Gasteiger partial charge in [-0.25, -0.2) is 4.99 Å². The summed E-state index contributed by atoms with van der Waals surface area (Å²) in [5, 5.41) is 5.98. The maximum Gasteiger partial charge on any atom is 0.0873 e. The van der Waals surface area contributed by atoms with Crippen molar-refractivity contribution in [1.29, 1.82) is 0 Å². The second-order valence-corrected chi connectivity index (χ2v) is 14.2. The van der Waals surface area contributed by atoms with Gasteiger partial charge in [0, 0.05) is 26.3 Å². The maximum absolute atomic E-state index is 5.66. The van der Waals surface area contributed by atoms with Gasteiger partial charge in [0.15, 0.2) is 0 Å². The van der Waals surface area contributed by atoms with E-state index in [0.717, 1.165) is 22.3 Å². The molecule has 10 rings (SSSR count). The van der Waals surface area contributed by atoms with Gasteiger partial charge < -0.3 is 5.32 Å². The number of hydrogen-bond donors (Lipinski definition) is 1. The fourth-order valence-corrected chi connectivity index (χ4v) is 8.85. The number of anilines is 1. The molecule has 1 unspecified atom stereocenters. The van der Waals surface area contributed by atoms with Crippen molar-refractivity contribution in [1.82, 2.24) is 0 Å². The van der Waals surface area contributed by atoms with E-state index < -0.39 is 0 Å². The molecule has 7 aromatic rings. The Bertz CT molecular complexity index is 2690. The Kier molecular flexibility index (Phi) is 7.18. The smallest absolute Gasteiger partial charge is 0.0873 e. The monoisotopic (exact) mass is 668 g/mol. The van der Waals surface area contributed by atoms with Crippen LogP contribution in [0.5, 0.6) is 0 Å². The zero-order chi connectivity index (χ0) is 33.7. The van der Waals surface area contributed by atoms with Crippen LogP contribution < -0.4 is 15.9 Å². The molecular weight excluding hydrogens is 637 g/mol. The average molecular weight is 669 g/mol. The number of allylic oxidation sites excluding steroid dienone is 2. The van der Waals surface area contributed by atoms with E-state index in [1.165, 1.54) is 70.7 Å². The molecule has 0 saturated heterocycles. The van der Waals surface area contributed by atoms with Crippen LogP contribution in [0.25, 0.3) is 61.2 Å². The van der Waals surface area contributed by atoms with E-state index in [9.17, 15) is 0 Å². The first kappa shape index (κ1) is 29.7. The van der Waals surface area contributed by atoms with Crippen molar-refractivity contribution in [2.24, 2.45) is 4.99 Å². The Labute approximate surface area is 301 Å². The van der Waals surface area contributed by atoms with E-state index in [0.29, 0.717) is 0 Å². The van der Waals surface area contributed by atoms with Crippen molar-refractivity contribution in [3.05, 3.63) is 193 Å². The van der Waals surface area contributed by atoms with Crippen LogP contribution in [-0.2, 0) is 0 Å². The van der Waals surface area contributed by atoms with Crippen LogP contribution >= 0.6 is 11.8 Å². The Balaban J connectivity index is 1.25. The first-order chi connectivity index (χ1) is 25.3. The highest BCUT2D eigenvalue weighted by Crippen LogP contribution is 2.51. The maximum atomic E-state index is 5.66. The van der Waals surface area contributed by atoms with Crippen molar-refractivity contribution in [3.63, 3.8) is 0 Å². The molecule has 2 heterocycles. The summed E-state index contributed by atoms with van der Waals surface area (Å²) in [4.78, 5) is 8.02. The second-order valence-electron chi connectivity index (χ2n) is 13.1. The number of nitrogens with zero attached hydrogens (tertiary/aromatic N) is 1. The third kappa shape index (κ3) is 5.00. The van der Waals surface area contributed by atoms with Gasteiger partial charge in [-0.2, -0.15) is 0 Å². The van der Waals surface area contributed by atoms with Crippen LogP contribution in [0.3, 0.4) is 0 Å². The number of nitrogens with one attached hydrogen (secondary N) is 1. The minimum absolute atomic E-state index is 0.171. The van der Waals surface area contributed by atoms with Crippen LogP contribution in [0.1, 0.15) is 0 Å². The fraction of sp³-hybridized carbons (Fsp3) is 0.0208. The molecule has 3 heteroatoms. The third-order valence-corrected chi connectivity index (χ3v) is 11.2. The minimum atomic E-state index is 0.171. The highest BCUT2D eigenvalue weighted by atomic mass is 32.2. The second kappa shape index (κ2) is 12.3. The molecule has 1 aliphatic carbocycles. The Morgan fingerprint density at radius 3 is 1.71 bits per heavy atom. The van der Waals surface area contributed by atoms with Gasteiger partial charge in [0.25, 0.3) is 0 Å². The number of rotatable bonds is 5. The zero-order valence-corrected chi connectivity index (χ0v) is 28.6. The van der Waals surface area contributed by atoms with E-state index in [4.69, 9.17) is 4.99 Å². The van der Waals surface area contributed by atoms with Crippen molar-refractivity contribution in [2.45, 2.75) is 15.8 Å². The molecule has 0 bridgehead atoms. The molecule has 0 amide bonds. The largest absolute Gasteiger partial charge is 0.374 e. The van der Waals surface area contributed by atoms with E-state index >= 15 is 0 Å². The summed E-state index contributed by atoms with van der Waals surface area (Å²) in [7, 11) is 0. The lowest BCUT2D eigenvalue weighted by molar-refractivity contribution is 1.15. The molecule has 2 nitrogen and oxygen atoms in total. The molecule has 2 aliphatic heterocycles. The van der Waals surface area contributed by atoms with Crippen LogP contribution in [0.15, 0.2) is 197 Å². The van der Waals surface area contributed by atoms with E-state index in [2.05, 4.69) is 187 Å². The molecule has 0 radical (unpaired) electrons. The average Bonchev–Trinajstić information content (AvgIpc) is 3.60. The Morgan fingerprint density at radius 1 is 0.471 bits per heavy atom. The molecule has 240 valence electrons. The Hall–Kier alpha value is -6.16. The molecular formula is C48H32N2S. The van der Waals surface area contributed by atoms with Crippen LogP contribution in [0.4, 0.5) is 11.4 Å². The van der Waals surface area contributed by atoms with Crippen molar-refractivity contribution in [2.75, 3.05) is 5.32 Å². The van der Waals surface area contributed by atoms with Crippen molar-refractivity contribution >= 4 is 28.7 Å². The SMILES string of the molecule is C1=CC2=c3c(ccc4c3=Nc3c(ccc(-c5ccccc5)c3-c3ccccc3-c3ccccc3-c3ccccc3-c3ccccc3)S4)NC2C=C1. The summed E-state index contributed by atoms with van der Waals surface area (Å²) in [6.07, 6.45) is 8.72. The first-order valence-electron chi connectivity index (χ1n) is 17.4. The van der Waals surface area contributed by atoms with E-state index in [1.807, 2.05) is 11.8 Å². The number of hydrogen-bond acceptors (Lipinski definition) is 3. The summed E-state index contributed by atoms with van der Waals surface area (Å²) in [6, 6.07) is 57.1. The molecule has 0 spiro atoms. The molecule has 0 aromatic heterocycles. The van der Waals surface area contributed by atoms with Crippen molar-refractivity contribution < 1.29 is 0 Å². The molecule has 1 N–H and O–H groups in total. The zero-order valence-electron chi connectivity index (χ0n) is 27.8. The third-order valence-electron chi connectivity index (χ3n) is 10.2. The van der Waals surface area contributed by atoms with Gasteiger partial charge in [0.05, 0.1) is 17.1 Å². The van der Waals surface area contributed by atoms with Gasteiger partial charge in [0.1, 0.15) is 0 Å². The predicted molar refractivity (Wildman–Crippen MR) is 214 cm³/mol. The Morgan fingerprint density at radius 2 is 1.02 bits per heavy atom. The normalized spacial score (nSPS) is 14.9. The summed E-state index contributed by atoms with van der Waals surface area (Å²) in [6.45, 7) is 0. The topological polar surface area (TPSA) is 24.4 Å². The number of benzene rings is 7. The molecule has 1 atom stereocenters. The molecule has 51 heavy (non-hydrogen) atoms. The van der Waals surface area contributed by atoms with Crippen LogP contribution in [-0.4, -0.2) is 6.04 Å². The van der Waals surface area contributed by atoms with Gasteiger partial charge in [-0.3, -0.25) is 0 Å². The molecule has 0 fully saturated rings. The lowest BCUT2D eigenvalue weighted by Crippen LogP contribution is -2.29. The summed E-state index contributed by atoms with van der Waals surface area (Å²) in [5.41, 5.74) is 15.3. The van der Waals surface area contributed by atoms with Crippen molar-refractivity contribution in [3.8, 4) is 55.6 Å². The van der Waals surface area contributed by atoms with E-state index in [-0.39, 0.29) is 6.04 Å². The van der Waals surface area contributed by atoms with E-state index in [1.54, 1.807) is 0 Å². The quantitative estimate of drug-likeness (QED) is 0.197. The van der Waals surface area contributed by atoms with Gasteiger partial charge in [-0.1, -0.05) is 176 Å².